The van der Waals surface area contributed by atoms with Crippen LogP contribution in [-0.4, -0.2) is 57.2 Å². The van der Waals surface area contributed by atoms with Crippen LogP contribution in [0.1, 0.15) is 62.3 Å². The van der Waals surface area contributed by atoms with Crippen LogP contribution >= 0.6 is 0 Å². The molecule has 9 heteroatoms. The van der Waals surface area contributed by atoms with Gasteiger partial charge in [-0.25, -0.2) is 4.79 Å². The van der Waals surface area contributed by atoms with E-state index >= 15 is 0 Å². The molecule has 0 aliphatic rings. The number of rotatable bonds is 2. The summed E-state index contributed by atoms with van der Waals surface area (Å²) in [6.45, 7) is 12.5. The summed E-state index contributed by atoms with van der Waals surface area (Å²) >= 11 is 0. The normalized spacial score (nSPS) is 13.0. The van der Waals surface area contributed by atoms with Gasteiger partial charge in [-0.15, -0.1) is 0 Å². The molecule has 0 unspecified atom stereocenters. The summed E-state index contributed by atoms with van der Waals surface area (Å²) in [6.07, 6.45) is -4.16. The Kier molecular flexibility index (Phi) is 6.98. The lowest BCUT2D eigenvalue weighted by molar-refractivity contribution is -0.708. The van der Waals surface area contributed by atoms with Crippen LogP contribution in [0.2, 0.25) is 0 Å². The third-order valence-electron chi connectivity index (χ3n) is 2.49. The number of imide groups is 3. The molecule has 0 rings (SSSR count). The summed E-state index contributed by atoms with van der Waals surface area (Å²) in [5, 5.41) is 9.25. The van der Waals surface area contributed by atoms with Gasteiger partial charge in [-0.05, 0) is 66.8 Å². The number of carboxylic acid groups (broad SMARTS) is 1. The first-order valence-electron chi connectivity index (χ1n) is 8.11. The highest BCUT2D eigenvalue weighted by Crippen LogP contribution is 2.25. The summed E-state index contributed by atoms with van der Waals surface area (Å²) in [4.78, 5) is 49.7. The molecule has 1 N–H and O–H groups in total. The highest BCUT2D eigenvalue weighted by molar-refractivity contribution is 5.93. The first-order valence-corrected chi connectivity index (χ1v) is 8.11. The molecule has 0 fully saturated rings. The minimum absolute atomic E-state index is 1.08. The maximum atomic E-state index is 12.8. The van der Waals surface area contributed by atoms with E-state index in [1.165, 1.54) is 62.3 Å². The van der Waals surface area contributed by atoms with Gasteiger partial charge in [0, 0.05) is 0 Å². The van der Waals surface area contributed by atoms with Crippen LogP contribution in [0.15, 0.2) is 0 Å². The molecular weight excluding hydrogens is 346 g/mol. The van der Waals surface area contributed by atoms with Crippen LogP contribution in [0.3, 0.4) is 0 Å². The third kappa shape index (κ3) is 7.38. The predicted octanol–water partition coefficient (Wildman–Crippen LogP) is 3.69. The van der Waals surface area contributed by atoms with E-state index in [0.717, 1.165) is 0 Å². The second-order valence-electron chi connectivity index (χ2n) is 8.80. The quantitative estimate of drug-likeness (QED) is 0.573. The van der Waals surface area contributed by atoms with Crippen LogP contribution in [0.4, 0.5) is 14.4 Å². The van der Waals surface area contributed by atoms with Gasteiger partial charge in [0.1, 0.15) is 16.8 Å². The Balaban J connectivity index is 6.35. The van der Waals surface area contributed by atoms with E-state index in [9.17, 15) is 24.3 Å². The Morgan fingerprint density at radius 1 is 0.654 bits per heavy atom. The number of quaternary nitrogens is 1. The molecule has 0 aromatic heterocycles. The largest absolute Gasteiger partial charge is 0.538 e. The topological polar surface area (TPSA) is 116 Å². The Hall–Kier alpha value is -2.16. The fourth-order valence-corrected chi connectivity index (χ4v) is 1.64. The molecule has 26 heavy (non-hydrogen) atoms. The van der Waals surface area contributed by atoms with Crippen molar-refractivity contribution in [2.45, 2.75) is 79.1 Å². The first-order chi connectivity index (χ1) is 11.3. The van der Waals surface area contributed by atoms with Gasteiger partial charge in [0.25, 0.3) is 0 Å². The number of nitrogens with zero attached hydrogens (tertiary/aromatic N) is 1. The first kappa shape index (κ1) is 23.8. The average Bonchev–Trinajstić information content (AvgIpc) is 2.28. The standard InChI is InChI=1S/C17H29NO8/c1-15(2,3)24-12(21)18(10-11(19)20,13(22)25-16(4,5)6)14(23)26-17(7,8)9/h10H2,1-9H3/p+1. The van der Waals surface area contributed by atoms with E-state index < -0.39 is 52.1 Å². The summed E-state index contributed by atoms with van der Waals surface area (Å²) in [5.41, 5.74) is -3.24. The van der Waals surface area contributed by atoms with Crippen LogP contribution in [0.5, 0.6) is 0 Å². The molecule has 0 aromatic carbocycles. The fraction of sp³-hybridized carbons (Fsp3) is 0.765. The second-order valence-corrected chi connectivity index (χ2v) is 8.80. The number of aliphatic carboxylic acids is 1. The maximum Gasteiger partial charge on any atom is 0.538 e. The summed E-state index contributed by atoms with van der Waals surface area (Å²) in [7, 11) is 0. The van der Waals surface area contributed by atoms with Gasteiger partial charge >= 0.3 is 24.2 Å². The molecular formula is C17H30NO8+. The zero-order chi connectivity index (χ0) is 21.1. The van der Waals surface area contributed by atoms with E-state index in [2.05, 4.69) is 0 Å². The second kappa shape index (κ2) is 7.61. The van der Waals surface area contributed by atoms with Crippen molar-refractivity contribution in [2.75, 3.05) is 6.54 Å². The maximum absolute atomic E-state index is 12.8. The minimum Gasteiger partial charge on any atom is -0.477 e. The minimum atomic E-state index is -1.90. The molecule has 0 saturated carbocycles. The summed E-state index contributed by atoms with van der Waals surface area (Å²) in [6, 6.07) is 0. The van der Waals surface area contributed by atoms with Crippen LogP contribution < -0.4 is 0 Å². The number of amides is 3. The van der Waals surface area contributed by atoms with E-state index in [-0.39, 0.29) is 0 Å². The Morgan fingerprint density at radius 2 is 0.885 bits per heavy atom. The molecule has 0 aliphatic heterocycles. The van der Waals surface area contributed by atoms with Crippen molar-refractivity contribution in [3.63, 3.8) is 0 Å². The lowest BCUT2D eigenvalue weighted by Crippen LogP contribution is -2.65. The van der Waals surface area contributed by atoms with E-state index in [0.29, 0.717) is 0 Å². The molecule has 0 aromatic rings. The number of carbonyl (C=O) groups excluding carboxylic acids is 3. The lowest BCUT2D eigenvalue weighted by atomic mass is 10.2. The fourth-order valence-electron chi connectivity index (χ4n) is 1.64. The van der Waals surface area contributed by atoms with Crippen molar-refractivity contribution >= 4 is 24.2 Å². The summed E-state index contributed by atoms with van der Waals surface area (Å²) in [5.74, 6) is -1.58. The molecule has 0 saturated heterocycles. The number of hydrogen-bond donors (Lipinski definition) is 1. The van der Waals surface area contributed by atoms with E-state index in [1.807, 2.05) is 0 Å². The third-order valence-corrected chi connectivity index (χ3v) is 2.49. The SMILES string of the molecule is CC(C)(C)OC(=O)[N+](CC(=O)O)(C(=O)OC(C)(C)C)C(=O)OC(C)(C)C. The smallest absolute Gasteiger partial charge is 0.477 e. The van der Waals surface area contributed by atoms with Gasteiger partial charge in [-0.3, -0.25) is 0 Å². The number of ether oxygens (including phenoxy) is 3. The number of carboxylic acids is 1. The van der Waals surface area contributed by atoms with Crippen LogP contribution in [0, 0.1) is 0 Å². The zero-order valence-electron chi connectivity index (χ0n) is 17.0. The molecule has 0 atom stereocenters. The summed E-state index contributed by atoms with van der Waals surface area (Å²) < 4.78 is 13.5. The van der Waals surface area contributed by atoms with Crippen LogP contribution in [0.25, 0.3) is 0 Å². The molecule has 0 spiro atoms. The van der Waals surface area contributed by atoms with E-state index in [4.69, 9.17) is 14.2 Å². The molecule has 150 valence electrons. The number of hydrogen-bond acceptors (Lipinski definition) is 7. The number of carbonyl (C=O) groups is 4. The average molecular weight is 376 g/mol. The van der Waals surface area contributed by atoms with Crippen molar-refractivity contribution in [1.82, 2.24) is 0 Å². The molecule has 9 nitrogen and oxygen atoms in total. The Bertz CT molecular complexity index is 506. The predicted molar refractivity (Wildman–Crippen MR) is 91.5 cm³/mol. The molecule has 3 amide bonds. The van der Waals surface area contributed by atoms with Gasteiger partial charge in [0.05, 0.1) is 0 Å². The van der Waals surface area contributed by atoms with Gasteiger partial charge in [-0.1, -0.05) is 0 Å². The Morgan fingerprint density at radius 3 is 1.04 bits per heavy atom. The van der Waals surface area contributed by atoms with Crippen molar-refractivity contribution in [2.24, 2.45) is 0 Å². The lowest BCUT2D eigenvalue weighted by Gasteiger charge is -2.32. The molecule has 0 bridgehead atoms. The van der Waals surface area contributed by atoms with Gasteiger partial charge in [0.2, 0.25) is 6.54 Å². The van der Waals surface area contributed by atoms with Gasteiger partial charge < -0.3 is 19.3 Å². The zero-order valence-corrected chi connectivity index (χ0v) is 17.0. The molecule has 0 heterocycles. The highest BCUT2D eigenvalue weighted by atomic mass is 16.6. The van der Waals surface area contributed by atoms with E-state index in [1.54, 1.807) is 0 Å². The molecule has 0 aliphatic carbocycles. The van der Waals surface area contributed by atoms with Gasteiger partial charge in [-0.2, -0.15) is 14.4 Å². The van der Waals surface area contributed by atoms with Gasteiger partial charge in [0.15, 0.2) is 0 Å². The van der Waals surface area contributed by atoms with Crippen molar-refractivity contribution in [1.29, 1.82) is 0 Å². The molecule has 0 radical (unpaired) electrons. The van der Waals surface area contributed by atoms with Crippen molar-refractivity contribution < 1.29 is 43.0 Å². The monoisotopic (exact) mass is 376 g/mol. The van der Waals surface area contributed by atoms with Crippen molar-refractivity contribution in [3.8, 4) is 0 Å². The van der Waals surface area contributed by atoms with Crippen molar-refractivity contribution in [3.05, 3.63) is 0 Å². The van der Waals surface area contributed by atoms with Crippen LogP contribution in [-0.2, 0) is 19.0 Å². The Labute approximate surface area is 153 Å². The highest BCUT2D eigenvalue weighted by Gasteiger charge is 2.62.